The first-order valence-electron chi connectivity index (χ1n) is 6.53. The molecular weight excluding hydrogens is 246 g/mol. The average molecular weight is 271 g/mol. The third-order valence-electron chi connectivity index (χ3n) is 3.15. The predicted molar refractivity (Wildman–Crippen MR) is 73.9 cm³/mol. The van der Waals surface area contributed by atoms with Gasteiger partial charge in [0.15, 0.2) is 0 Å². The quantitative estimate of drug-likeness (QED) is 0.470. The van der Waals surface area contributed by atoms with Crippen molar-refractivity contribution in [2.24, 2.45) is 5.92 Å². The van der Waals surface area contributed by atoms with Crippen LogP contribution in [0.5, 0.6) is 0 Å². The smallest absolute Gasteiger partial charge is 0.305 e. The number of carboxylic acid groups (broad SMARTS) is 1. The molecule has 0 heterocycles. The summed E-state index contributed by atoms with van der Waals surface area (Å²) < 4.78 is 5.18. The summed E-state index contributed by atoms with van der Waals surface area (Å²) >= 11 is 0. The lowest BCUT2D eigenvalue weighted by molar-refractivity contribution is -0.139. The number of ether oxygens (including phenoxy) is 1. The van der Waals surface area contributed by atoms with Crippen molar-refractivity contribution < 1.29 is 19.4 Å². The zero-order chi connectivity index (χ0) is 14.9. The first-order chi connectivity index (χ1) is 8.81. The zero-order valence-corrected chi connectivity index (χ0v) is 12.1. The van der Waals surface area contributed by atoms with Gasteiger partial charge in [-0.05, 0) is 19.3 Å². The van der Waals surface area contributed by atoms with Gasteiger partial charge in [0.2, 0.25) is 5.91 Å². The Morgan fingerprint density at radius 2 is 2.11 bits per heavy atom. The van der Waals surface area contributed by atoms with Crippen LogP contribution in [0, 0.1) is 5.92 Å². The number of hydrogen-bond donors (Lipinski definition) is 2. The van der Waals surface area contributed by atoms with E-state index in [2.05, 4.69) is 11.9 Å². The molecule has 1 atom stereocenters. The number of hydrogen-bond acceptors (Lipinski definition) is 3. The summed E-state index contributed by atoms with van der Waals surface area (Å²) in [6, 6.07) is 0. The maximum Gasteiger partial charge on any atom is 0.305 e. The van der Waals surface area contributed by atoms with Gasteiger partial charge in [-0.3, -0.25) is 9.59 Å². The molecule has 0 fully saturated rings. The van der Waals surface area contributed by atoms with E-state index in [9.17, 15) is 9.59 Å². The largest absolute Gasteiger partial charge is 0.481 e. The number of carbonyl (C=O) groups excluding carboxylic acids is 1. The second-order valence-electron chi connectivity index (χ2n) is 5.16. The van der Waals surface area contributed by atoms with E-state index in [0.717, 1.165) is 0 Å². The third-order valence-corrected chi connectivity index (χ3v) is 3.15. The molecule has 0 aromatic rings. The van der Waals surface area contributed by atoms with E-state index in [1.54, 1.807) is 13.0 Å². The van der Waals surface area contributed by atoms with E-state index >= 15 is 0 Å². The first-order valence-corrected chi connectivity index (χ1v) is 6.53. The average Bonchev–Trinajstić information content (AvgIpc) is 2.27. The van der Waals surface area contributed by atoms with E-state index in [1.807, 2.05) is 13.8 Å². The Labute approximate surface area is 115 Å². The Balaban J connectivity index is 4.17. The molecule has 0 aromatic heterocycles. The molecule has 0 aliphatic heterocycles. The van der Waals surface area contributed by atoms with Crippen LogP contribution >= 0.6 is 0 Å². The lowest BCUT2D eigenvalue weighted by atomic mass is 9.85. The molecule has 19 heavy (non-hydrogen) atoms. The van der Waals surface area contributed by atoms with Crippen molar-refractivity contribution in [3.05, 3.63) is 12.7 Å². The van der Waals surface area contributed by atoms with Gasteiger partial charge in [-0.1, -0.05) is 19.9 Å². The topological polar surface area (TPSA) is 75.6 Å². The van der Waals surface area contributed by atoms with Crippen molar-refractivity contribution >= 4 is 11.9 Å². The third kappa shape index (κ3) is 7.62. The van der Waals surface area contributed by atoms with Gasteiger partial charge in [0, 0.05) is 18.6 Å². The second-order valence-corrected chi connectivity index (χ2v) is 5.16. The molecule has 5 nitrogen and oxygen atoms in total. The summed E-state index contributed by atoms with van der Waals surface area (Å²) in [6.45, 7) is 10.1. The van der Waals surface area contributed by atoms with E-state index in [4.69, 9.17) is 9.84 Å². The number of aliphatic carboxylic acids is 1. The van der Waals surface area contributed by atoms with E-state index < -0.39 is 11.5 Å². The Kier molecular flexibility index (Phi) is 8.07. The highest BCUT2D eigenvalue weighted by Gasteiger charge is 2.32. The second kappa shape index (κ2) is 8.69. The molecule has 0 saturated heterocycles. The summed E-state index contributed by atoms with van der Waals surface area (Å²) in [6.07, 6.45) is 2.52. The standard InChI is InChI=1S/C14H25NO4/c1-5-8-19-9-6-7-12(16)15-14(4,11(2)3)10-13(17)18/h5,11H,1,6-10H2,2-4H3,(H,15,16)(H,17,18). The van der Waals surface area contributed by atoms with Crippen LogP contribution in [0.15, 0.2) is 12.7 Å². The van der Waals surface area contributed by atoms with Crippen molar-refractivity contribution in [2.75, 3.05) is 13.2 Å². The fourth-order valence-electron chi connectivity index (χ4n) is 1.59. The minimum absolute atomic E-state index is 0.0459. The van der Waals surface area contributed by atoms with Crippen LogP contribution in [0.2, 0.25) is 0 Å². The monoisotopic (exact) mass is 271 g/mol. The summed E-state index contributed by atoms with van der Waals surface area (Å²) in [7, 11) is 0. The molecule has 0 aliphatic carbocycles. The predicted octanol–water partition coefficient (Wildman–Crippen LogP) is 1.97. The van der Waals surface area contributed by atoms with Gasteiger partial charge >= 0.3 is 5.97 Å². The normalized spacial score (nSPS) is 13.9. The summed E-state index contributed by atoms with van der Waals surface area (Å²) in [5.74, 6) is -1.00. The number of nitrogens with one attached hydrogen (secondary N) is 1. The van der Waals surface area contributed by atoms with Crippen LogP contribution in [0.4, 0.5) is 0 Å². The molecule has 0 bridgehead atoms. The Morgan fingerprint density at radius 1 is 1.47 bits per heavy atom. The van der Waals surface area contributed by atoms with Crippen LogP contribution in [0.25, 0.3) is 0 Å². The van der Waals surface area contributed by atoms with Crippen molar-refractivity contribution in [2.45, 2.75) is 45.6 Å². The van der Waals surface area contributed by atoms with Crippen molar-refractivity contribution in [1.82, 2.24) is 5.32 Å². The minimum atomic E-state index is -0.911. The van der Waals surface area contributed by atoms with Gasteiger partial charge in [-0.25, -0.2) is 0 Å². The van der Waals surface area contributed by atoms with Crippen molar-refractivity contribution in [3.8, 4) is 0 Å². The molecule has 5 heteroatoms. The lowest BCUT2D eigenvalue weighted by Gasteiger charge is -2.33. The van der Waals surface area contributed by atoms with Gasteiger partial charge in [-0.2, -0.15) is 0 Å². The molecular formula is C14H25NO4. The lowest BCUT2D eigenvalue weighted by Crippen LogP contribution is -2.51. The molecule has 0 spiro atoms. The highest BCUT2D eigenvalue weighted by atomic mass is 16.5. The Hall–Kier alpha value is -1.36. The van der Waals surface area contributed by atoms with E-state index in [-0.39, 0.29) is 18.2 Å². The zero-order valence-electron chi connectivity index (χ0n) is 12.1. The molecule has 110 valence electrons. The van der Waals surface area contributed by atoms with Crippen molar-refractivity contribution in [1.29, 1.82) is 0 Å². The van der Waals surface area contributed by atoms with Crippen LogP contribution in [-0.2, 0) is 14.3 Å². The van der Waals surface area contributed by atoms with E-state index in [0.29, 0.717) is 26.1 Å². The Bertz CT molecular complexity index is 315. The van der Waals surface area contributed by atoms with Gasteiger partial charge < -0.3 is 15.2 Å². The number of carboxylic acids is 1. The number of amides is 1. The summed E-state index contributed by atoms with van der Waals surface area (Å²) in [4.78, 5) is 22.6. The number of rotatable bonds is 10. The molecule has 0 rings (SSSR count). The molecule has 1 unspecified atom stereocenters. The van der Waals surface area contributed by atoms with Crippen LogP contribution in [-0.4, -0.2) is 35.7 Å². The maximum absolute atomic E-state index is 11.8. The fourth-order valence-corrected chi connectivity index (χ4v) is 1.59. The van der Waals surface area contributed by atoms with E-state index in [1.165, 1.54) is 0 Å². The maximum atomic E-state index is 11.8. The molecule has 0 aromatic carbocycles. The van der Waals surface area contributed by atoms with Crippen molar-refractivity contribution in [3.63, 3.8) is 0 Å². The molecule has 0 radical (unpaired) electrons. The molecule has 0 saturated carbocycles. The molecule has 0 aliphatic rings. The fraction of sp³-hybridized carbons (Fsp3) is 0.714. The van der Waals surface area contributed by atoms with Crippen LogP contribution in [0.1, 0.15) is 40.0 Å². The van der Waals surface area contributed by atoms with Gasteiger partial charge in [0.1, 0.15) is 0 Å². The van der Waals surface area contributed by atoms with Gasteiger partial charge in [0.25, 0.3) is 0 Å². The molecule has 1 amide bonds. The van der Waals surface area contributed by atoms with Crippen LogP contribution < -0.4 is 5.32 Å². The summed E-state index contributed by atoms with van der Waals surface area (Å²) in [5, 5.41) is 11.7. The highest BCUT2D eigenvalue weighted by molar-refractivity contribution is 5.78. The first kappa shape index (κ1) is 17.6. The molecule has 2 N–H and O–H groups in total. The van der Waals surface area contributed by atoms with Gasteiger partial charge in [0.05, 0.1) is 13.0 Å². The van der Waals surface area contributed by atoms with Crippen LogP contribution in [0.3, 0.4) is 0 Å². The Morgan fingerprint density at radius 3 is 2.58 bits per heavy atom. The highest BCUT2D eigenvalue weighted by Crippen LogP contribution is 2.21. The summed E-state index contributed by atoms with van der Waals surface area (Å²) in [5.41, 5.74) is -0.717. The van der Waals surface area contributed by atoms with Gasteiger partial charge in [-0.15, -0.1) is 6.58 Å². The number of carbonyl (C=O) groups is 2. The SMILES string of the molecule is C=CCOCCCC(=O)NC(C)(CC(=O)O)C(C)C. The minimum Gasteiger partial charge on any atom is -0.481 e.